The molecule has 25 heavy (non-hydrogen) atoms. The quantitative estimate of drug-likeness (QED) is 0.858. The zero-order valence-corrected chi connectivity index (χ0v) is 16.2. The van der Waals surface area contributed by atoms with Crippen molar-refractivity contribution in [2.75, 3.05) is 26.2 Å². The molecule has 0 aliphatic carbocycles. The lowest BCUT2D eigenvalue weighted by atomic mass is 9.99. The fourth-order valence-electron chi connectivity index (χ4n) is 3.17. The first kappa shape index (κ1) is 19.7. The highest BCUT2D eigenvalue weighted by Gasteiger charge is 2.37. The summed E-state index contributed by atoms with van der Waals surface area (Å²) in [5, 5.41) is 0. The van der Waals surface area contributed by atoms with Crippen LogP contribution < -0.4 is 10.5 Å². The number of benzene rings is 1. The lowest BCUT2D eigenvalue weighted by Gasteiger charge is -2.38. The van der Waals surface area contributed by atoms with Crippen molar-refractivity contribution in [2.24, 2.45) is 5.73 Å². The number of morpholine rings is 1. The molecule has 0 saturated carbocycles. The van der Waals surface area contributed by atoms with E-state index in [9.17, 15) is 4.79 Å². The van der Waals surface area contributed by atoms with Crippen LogP contribution in [0.5, 0.6) is 5.75 Å². The fourth-order valence-corrected chi connectivity index (χ4v) is 3.17. The van der Waals surface area contributed by atoms with Crippen molar-refractivity contribution < 1.29 is 14.3 Å². The van der Waals surface area contributed by atoms with Gasteiger partial charge in [0, 0.05) is 13.1 Å². The van der Waals surface area contributed by atoms with Gasteiger partial charge in [-0.1, -0.05) is 26.0 Å². The second-order valence-electron chi connectivity index (χ2n) is 7.63. The maximum absolute atomic E-state index is 13.1. The first-order valence-corrected chi connectivity index (χ1v) is 9.15. The molecule has 1 saturated heterocycles. The summed E-state index contributed by atoms with van der Waals surface area (Å²) in [4.78, 5) is 14.9. The van der Waals surface area contributed by atoms with E-state index in [1.165, 1.54) is 0 Å². The zero-order chi connectivity index (χ0) is 18.6. The van der Waals surface area contributed by atoms with Crippen molar-refractivity contribution in [2.45, 2.75) is 58.7 Å². The Hall–Kier alpha value is -1.59. The van der Waals surface area contributed by atoms with Gasteiger partial charge < -0.3 is 20.1 Å². The molecule has 1 fully saturated rings. The highest BCUT2D eigenvalue weighted by molar-refractivity contribution is 5.85. The third kappa shape index (κ3) is 4.95. The van der Waals surface area contributed by atoms with E-state index in [1.54, 1.807) is 0 Å². The van der Waals surface area contributed by atoms with Crippen molar-refractivity contribution in [3.05, 3.63) is 29.3 Å². The number of hydrogen-bond donors (Lipinski definition) is 1. The van der Waals surface area contributed by atoms with Crippen molar-refractivity contribution >= 4 is 5.91 Å². The molecular weight excluding hydrogens is 316 g/mol. The van der Waals surface area contributed by atoms with Gasteiger partial charge in [-0.05, 0) is 56.8 Å². The molecule has 5 heteroatoms. The Morgan fingerprint density at radius 1 is 1.44 bits per heavy atom. The Kier molecular flexibility index (Phi) is 6.47. The standard InChI is InChI=1S/C20H32N2O3/c1-14(2)17-7-6-15(3)12-18(17)25-20(4,5)19(23)22-10-11-24-16(13-22)8-9-21/h6-7,12,14,16H,8-11,13,21H2,1-5H3. The maximum atomic E-state index is 13.1. The SMILES string of the molecule is Cc1ccc(C(C)C)c(OC(C)(C)C(=O)N2CCOC(CCN)C2)c1. The summed E-state index contributed by atoms with van der Waals surface area (Å²) >= 11 is 0. The van der Waals surface area contributed by atoms with Crippen LogP contribution in [0.1, 0.15) is 51.2 Å². The van der Waals surface area contributed by atoms with Gasteiger partial charge in [0.05, 0.1) is 12.7 Å². The van der Waals surface area contributed by atoms with Gasteiger partial charge in [0.15, 0.2) is 5.60 Å². The number of nitrogens with zero attached hydrogens (tertiary/aromatic N) is 1. The monoisotopic (exact) mass is 348 g/mol. The predicted molar refractivity (Wildman–Crippen MR) is 100.0 cm³/mol. The number of rotatable bonds is 6. The summed E-state index contributed by atoms with van der Waals surface area (Å²) in [6, 6.07) is 6.18. The van der Waals surface area contributed by atoms with Gasteiger partial charge in [-0.2, -0.15) is 0 Å². The van der Waals surface area contributed by atoms with Gasteiger partial charge >= 0.3 is 0 Å². The van der Waals surface area contributed by atoms with E-state index in [-0.39, 0.29) is 12.0 Å². The van der Waals surface area contributed by atoms with Gasteiger partial charge in [-0.3, -0.25) is 4.79 Å². The van der Waals surface area contributed by atoms with Crippen LogP contribution >= 0.6 is 0 Å². The van der Waals surface area contributed by atoms with Gasteiger partial charge in [-0.15, -0.1) is 0 Å². The largest absolute Gasteiger partial charge is 0.478 e. The molecule has 1 aliphatic heterocycles. The lowest BCUT2D eigenvalue weighted by Crippen LogP contribution is -2.54. The first-order chi connectivity index (χ1) is 11.7. The summed E-state index contributed by atoms with van der Waals surface area (Å²) in [6.45, 7) is 12.3. The molecule has 2 N–H and O–H groups in total. The molecule has 2 rings (SSSR count). The second-order valence-corrected chi connectivity index (χ2v) is 7.63. The van der Waals surface area contributed by atoms with E-state index in [2.05, 4.69) is 26.0 Å². The molecule has 1 aliphatic rings. The minimum Gasteiger partial charge on any atom is -0.478 e. The molecule has 1 atom stereocenters. The minimum absolute atomic E-state index is 0.00552. The molecule has 0 bridgehead atoms. The molecule has 1 heterocycles. The van der Waals surface area contributed by atoms with Crippen LogP contribution in [0.3, 0.4) is 0 Å². The van der Waals surface area contributed by atoms with E-state index >= 15 is 0 Å². The highest BCUT2D eigenvalue weighted by Crippen LogP contribution is 2.31. The van der Waals surface area contributed by atoms with Crippen LogP contribution in [-0.4, -0.2) is 48.8 Å². The Balaban J connectivity index is 2.15. The smallest absolute Gasteiger partial charge is 0.266 e. The van der Waals surface area contributed by atoms with Crippen LogP contribution in [0, 0.1) is 6.92 Å². The van der Waals surface area contributed by atoms with Crippen molar-refractivity contribution in [3.8, 4) is 5.75 Å². The van der Waals surface area contributed by atoms with E-state index in [0.29, 0.717) is 32.2 Å². The number of amides is 1. The van der Waals surface area contributed by atoms with Crippen molar-refractivity contribution in [1.29, 1.82) is 0 Å². The summed E-state index contributed by atoms with van der Waals surface area (Å²) in [5.41, 5.74) is 6.93. The first-order valence-electron chi connectivity index (χ1n) is 9.15. The van der Waals surface area contributed by atoms with Crippen LogP contribution in [0.15, 0.2) is 18.2 Å². The predicted octanol–water partition coefficient (Wildman–Crippen LogP) is 2.85. The number of carbonyl (C=O) groups is 1. The molecule has 1 amide bonds. The number of hydrogen-bond acceptors (Lipinski definition) is 4. The fraction of sp³-hybridized carbons (Fsp3) is 0.650. The third-order valence-corrected chi connectivity index (χ3v) is 4.59. The van der Waals surface area contributed by atoms with E-state index in [1.807, 2.05) is 31.7 Å². The number of carbonyl (C=O) groups excluding carboxylic acids is 1. The molecule has 1 aromatic carbocycles. The number of nitrogens with two attached hydrogens (primary N) is 1. The van der Waals surface area contributed by atoms with Crippen molar-refractivity contribution in [3.63, 3.8) is 0 Å². The molecule has 140 valence electrons. The third-order valence-electron chi connectivity index (χ3n) is 4.59. The molecule has 0 aromatic heterocycles. The summed E-state index contributed by atoms with van der Waals surface area (Å²) < 4.78 is 11.9. The zero-order valence-electron chi connectivity index (χ0n) is 16.2. The molecule has 5 nitrogen and oxygen atoms in total. The van der Waals surface area contributed by atoms with Crippen LogP contribution in [-0.2, 0) is 9.53 Å². The minimum atomic E-state index is -0.929. The Morgan fingerprint density at radius 2 is 2.16 bits per heavy atom. The summed E-state index contributed by atoms with van der Waals surface area (Å²) in [7, 11) is 0. The molecular formula is C20H32N2O3. The highest BCUT2D eigenvalue weighted by atomic mass is 16.5. The molecule has 0 radical (unpaired) electrons. The maximum Gasteiger partial charge on any atom is 0.266 e. The Labute approximate surface area is 151 Å². The molecule has 1 aromatic rings. The number of ether oxygens (including phenoxy) is 2. The summed E-state index contributed by atoms with van der Waals surface area (Å²) in [5.74, 6) is 1.12. The van der Waals surface area contributed by atoms with E-state index in [4.69, 9.17) is 15.2 Å². The summed E-state index contributed by atoms with van der Waals surface area (Å²) in [6.07, 6.45) is 0.782. The average molecular weight is 348 g/mol. The molecule has 1 unspecified atom stereocenters. The van der Waals surface area contributed by atoms with Gasteiger partial charge in [-0.25, -0.2) is 0 Å². The normalized spacial score (nSPS) is 18.5. The van der Waals surface area contributed by atoms with Crippen LogP contribution in [0.25, 0.3) is 0 Å². The molecule has 0 spiro atoms. The van der Waals surface area contributed by atoms with Crippen molar-refractivity contribution in [1.82, 2.24) is 4.90 Å². The van der Waals surface area contributed by atoms with Gasteiger partial charge in [0.25, 0.3) is 5.91 Å². The van der Waals surface area contributed by atoms with Gasteiger partial charge in [0.1, 0.15) is 5.75 Å². The average Bonchev–Trinajstić information content (AvgIpc) is 2.54. The Bertz CT molecular complexity index is 597. The topological polar surface area (TPSA) is 64.8 Å². The van der Waals surface area contributed by atoms with Crippen LogP contribution in [0.2, 0.25) is 0 Å². The second kappa shape index (κ2) is 8.19. The van der Waals surface area contributed by atoms with E-state index in [0.717, 1.165) is 23.3 Å². The van der Waals surface area contributed by atoms with E-state index < -0.39 is 5.60 Å². The number of aryl methyl sites for hydroxylation is 1. The van der Waals surface area contributed by atoms with Crippen LogP contribution in [0.4, 0.5) is 0 Å². The lowest BCUT2D eigenvalue weighted by molar-refractivity contribution is -0.153. The Morgan fingerprint density at radius 3 is 2.80 bits per heavy atom. The van der Waals surface area contributed by atoms with Gasteiger partial charge in [0.2, 0.25) is 0 Å².